The summed E-state index contributed by atoms with van der Waals surface area (Å²) in [6.45, 7) is 8.91. The summed E-state index contributed by atoms with van der Waals surface area (Å²) in [4.78, 5) is 20.5. The first-order valence-corrected chi connectivity index (χ1v) is 11.7. The molecule has 3 rings (SSSR count). The van der Waals surface area contributed by atoms with Crippen molar-refractivity contribution >= 4 is 33.1 Å². The maximum atomic E-state index is 12.4. The van der Waals surface area contributed by atoms with Gasteiger partial charge in [-0.1, -0.05) is 24.3 Å². The highest BCUT2D eigenvalue weighted by molar-refractivity contribution is 7.94. The molecule has 2 N–H and O–H groups in total. The van der Waals surface area contributed by atoms with E-state index >= 15 is 0 Å². The third-order valence-corrected chi connectivity index (χ3v) is 6.99. The highest BCUT2D eigenvalue weighted by Gasteiger charge is 2.20. The van der Waals surface area contributed by atoms with Crippen LogP contribution in [-0.2, 0) is 20.4 Å². The quantitative estimate of drug-likeness (QED) is 0.681. The van der Waals surface area contributed by atoms with Gasteiger partial charge >= 0.3 is 0 Å². The van der Waals surface area contributed by atoms with Gasteiger partial charge in [-0.05, 0) is 45.2 Å². The molecule has 0 unspecified atom stereocenters. The van der Waals surface area contributed by atoms with Crippen LogP contribution in [0, 0.1) is 13.8 Å². The Morgan fingerprint density at radius 3 is 2.60 bits per heavy atom. The highest BCUT2D eigenvalue weighted by Crippen LogP contribution is 2.27. The maximum Gasteiger partial charge on any atom is 0.224 e. The molecule has 1 saturated carbocycles. The van der Waals surface area contributed by atoms with Crippen molar-refractivity contribution in [1.29, 1.82) is 0 Å². The van der Waals surface area contributed by atoms with E-state index in [0.29, 0.717) is 41.6 Å². The molecule has 2 aromatic rings. The molecule has 1 aliphatic rings. The minimum Gasteiger partial charge on any atom is -0.351 e. The lowest BCUT2D eigenvalue weighted by Crippen LogP contribution is -2.27. The lowest BCUT2D eigenvalue weighted by Gasteiger charge is -2.22. The van der Waals surface area contributed by atoms with Gasteiger partial charge in [-0.3, -0.25) is 4.79 Å². The topological polar surface area (TPSA) is 101 Å². The number of aryl methyl sites for hydroxylation is 2. The van der Waals surface area contributed by atoms with Crippen LogP contribution in [0.3, 0.4) is 0 Å². The predicted octanol–water partition coefficient (Wildman–Crippen LogP) is 4.21. The predicted molar refractivity (Wildman–Crippen MR) is 120 cm³/mol. The monoisotopic (exact) mass is 428 g/mol. The van der Waals surface area contributed by atoms with Gasteiger partial charge in [-0.15, -0.1) is 0 Å². The minimum absolute atomic E-state index is 0.127. The standard InChI is InChI=1S/C22H28N4O3S/c1-14(2)30(28,29)13-17-11-15(3)5-10-20(17)25-21-16(4)12-23-22(26-21)24-18-6-8-19(27)9-7-18/h5,10-12,18H,1,6-9,13H2,2-4H3,(H2,23,24,25,26). The molecule has 0 aliphatic heterocycles. The molecule has 0 atom stereocenters. The largest absolute Gasteiger partial charge is 0.351 e. The number of benzene rings is 1. The molecule has 30 heavy (non-hydrogen) atoms. The molecule has 0 amide bonds. The van der Waals surface area contributed by atoms with E-state index in [0.717, 1.165) is 24.0 Å². The minimum atomic E-state index is -3.43. The van der Waals surface area contributed by atoms with Gasteiger partial charge in [0.2, 0.25) is 5.95 Å². The molecule has 0 spiro atoms. The number of carbonyl (C=O) groups is 1. The number of rotatable bonds is 7. The molecule has 1 aliphatic carbocycles. The summed E-state index contributed by atoms with van der Waals surface area (Å²) in [7, 11) is -3.43. The van der Waals surface area contributed by atoms with Crippen LogP contribution in [0.25, 0.3) is 0 Å². The number of sulfone groups is 1. The Bertz CT molecular complexity index is 1070. The third-order valence-electron chi connectivity index (χ3n) is 5.24. The van der Waals surface area contributed by atoms with Gasteiger partial charge in [0.25, 0.3) is 0 Å². The van der Waals surface area contributed by atoms with Gasteiger partial charge in [0.1, 0.15) is 11.6 Å². The molecule has 8 heteroatoms. The Balaban J connectivity index is 1.84. The zero-order chi connectivity index (χ0) is 21.9. The van der Waals surface area contributed by atoms with Gasteiger partial charge in [0.05, 0.1) is 5.75 Å². The Morgan fingerprint density at radius 1 is 1.23 bits per heavy atom. The molecule has 1 heterocycles. The number of carbonyl (C=O) groups excluding carboxylic acids is 1. The van der Waals surface area contributed by atoms with E-state index < -0.39 is 9.84 Å². The Kier molecular flexibility index (Phi) is 6.55. The molecular weight excluding hydrogens is 400 g/mol. The summed E-state index contributed by atoms with van der Waals surface area (Å²) in [6, 6.07) is 5.82. The average molecular weight is 429 g/mol. The number of Topliss-reactive ketones (excluding diaryl/α,β-unsaturated/α-hetero) is 1. The zero-order valence-electron chi connectivity index (χ0n) is 17.7. The average Bonchev–Trinajstić information content (AvgIpc) is 2.68. The van der Waals surface area contributed by atoms with Crippen LogP contribution < -0.4 is 10.6 Å². The molecule has 160 valence electrons. The summed E-state index contributed by atoms with van der Waals surface area (Å²) < 4.78 is 24.8. The van der Waals surface area contributed by atoms with Crippen molar-refractivity contribution < 1.29 is 13.2 Å². The Morgan fingerprint density at radius 2 is 1.93 bits per heavy atom. The van der Waals surface area contributed by atoms with Gasteiger partial charge in [0, 0.05) is 41.2 Å². The van der Waals surface area contributed by atoms with Crippen LogP contribution in [0.15, 0.2) is 35.9 Å². The van der Waals surface area contributed by atoms with E-state index in [-0.39, 0.29) is 16.7 Å². The van der Waals surface area contributed by atoms with E-state index in [4.69, 9.17) is 0 Å². The number of allylic oxidation sites excluding steroid dienone is 1. The number of hydrogen-bond acceptors (Lipinski definition) is 7. The van der Waals surface area contributed by atoms with Crippen molar-refractivity contribution in [2.24, 2.45) is 0 Å². The van der Waals surface area contributed by atoms with Gasteiger partial charge in [0.15, 0.2) is 9.84 Å². The Hall–Kier alpha value is -2.74. The lowest BCUT2D eigenvalue weighted by molar-refractivity contribution is -0.120. The maximum absolute atomic E-state index is 12.4. The van der Waals surface area contributed by atoms with Crippen molar-refractivity contribution in [3.8, 4) is 0 Å². The van der Waals surface area contributed by atoms with Crippen LogP contribution >= 0.6 is 0 Å². The van der Waals surface area contributed by atoms with E-state index in [1.54, 1.807) is 6.20 Å². The van der Waals surface area contributed by atoms with Gasteiger partial charge in [-0.2, -0.15) is 4.98 Å². The lowest BCUT2D eigenvalue weighted by atomic mass is 9.94. The van der Waals surface area contributed by atoms with Crippen LogP contribution in [0.2, 0.25) is 0 Å². The van der Waals surface area contributed by atoms with Gasteiger partial charge in [-0.25, -0.2) is 13.4 Å². The summed E-state index contributed by atoms with van der Waals surface area (Å²) in [5.41, 5.74) is 3.16. The number of hydrogen-bond donors (Lipinski definition) is 2. The number of anilines is 3. The Labute approximate surface area is 177 Å². The summed E-state index contributed by atoms with van der Waals surface area (Å²) in [5.74, 6) is 1.28. The normalized spacial score (nSPS) is 15.1. The van der Waals surface area contributed by atoms with Gasteiger partial charge < -0.3 is 10.6 Å². The molecule has 1 fully saturated rings. The summed E-state index contributed by atoms with van der Waals surface area (Å²) >= 11 is 0. The van der Waals surface area contributed by atoms with Crippen molar-refractivity contribution in [1.82, 2.24) is 9.97 Å². The van der Waals surface area contributed by atoms with E-state index in [1.165, 1.54) is 6.92 Å². The first-order chi connectivity index (χ1) is 14.1. The molecule has 7 nitrogen and oxygen atoms in total. The van der Waals surface area contributed by atoms with Crippen LogP contribution in [0.4, 0.5) is 17.5 Å². The second-order valence-electron chi connectivity index (χ2n) is 7.93. The van der Waals surface area contributed by atoms with E-state index in [9.17, 15) is 13.2 Å². The SMILES string of the molecule is C=C(C)S(=O)(=O)Cc1cc(C)ccc1Nc1nc(NC2CCC(=O)CC2)ncc1C. The summed E-state index contributed by atoms with van der Waals surface area (Å²) in [6.07, 6.45) is 4.45. The fourth-order valence-corrected chi connectivity index (χ4v) is 4.22. The summed E-state index contributed by atoms with van der Waals surface area (Å²) in [5, 5.41) is 6.58. The van der Waals surface area contributed by atoms with Crippen molar-refractivity contribution in [2.45, 2.75) is 58.2 Å². The molecule has 0 radical (unpaired) electrons. The van der Waals surface area contributed by atoms with Crippen molar-refractivity contribution in [3.05, 3.63) is 52.6 Å². The van der Waals surface area contributed by atoms with E-state index in [1.807, 2.05) is 32.0 Å². The molecule has 0 bridgehead atoms. The first kappa shape index (κ1) is 22.0. The second-order valence-corrected chi connectivity index (χ2v) is 10.1. The molecule has 1 aromatic carbocycles. The van der Waals surface area contributed by atoms with Crippen molar-refractivity contribution in [2.75, 3.05) is 10.6 Å². The fraction of sp³-hybridized carbons (Fsp3) is 0.409. The molecule has 0 saturated heterocycles. The number of aromatic nitrogens is 2. The number of nitrogens with zero attached hydrogens (tertiary/aromatic N) is 2. The second kappa shape index (κ2) is 8.95. The first-order valence-electron chi connectivity index (χ1n) is 10.0. The van der Waals surface area contributed by atoms with Crippen LogP contribution in [0.1, 0.15) is 49.3 Å². The van der Waals surface area contributed by atoms with Crippen LogP contribution in [0.5, 0.6) is 0 Å². The smallest absolute Gasteiger partial charge is 0.224 e. The third kappa shape index (κ3) is 5.44. The zero-order valence-corrected chi connectivity index (χ0v) is 18.5. The highest BCUT2D eigenvalue weighted by atomic mass is 32.2. The number of ketones is 1. The van der Waals surface area contributed by atoms with Crippen LogP contribution in [-0.4, -0.2) is 30.2 Å². The molecular formula is C22H28N4O3S. The van der Waals surface area contributed by atoms with E-state index in [2.05, 4.69) is 27.2 Å². The fourth-order valence-electron chi connectivity index (χ4n) is 3.32. The number of nitrogens with one attached hydrogen (secondary N) is 2. The molecule has 1 aromatic heterocycles. The van der Waals surface area contributed by atoms with Crippen molar-refractivity contribution in [3.63, 3.8) is 0 Å².